The van der Waals surface area contributed by atoms with Gasteiger partial charge in [0.05, 0.1) is 10.6 Å². The van der Waals surface area contributed by atoms with Gasteiger partial charge in [-0.05, 0) is 36.8 Å². The summed E-state index contributed by atoms with van der Waals surface area (Å²) in [7, 11) is 0. The quantitative estimate of drug-likeness (QED) is 0.827. The minimum Gasteiger partial charge on any atom is -0.431 e. The number of halogens is 2. The topological polar surface area (TPSA) is 77.6 Å². The fourth-order valence-corrected chi connectivity index (χ4v) is 3.05. The SMILES string of the molecule is C=C1C[C@@](C)(c2cc(CC(=O)c3ccc(Cl)cn3)ccc2F)N=C(N)O1. The van der Waals surface area contributed by atoms with Crippen molar-refractivity contribution in [1.29, 1.82) is 0 Å². The first kappa shape index (κ1) is 18.1. The lowest BCUT2D eigenvalue weighted by atomic mass is 9.86. The molecule has 7 heteroatoms. The van der Waals surface area contributed by atoms with Crippen LogP contribution in [0.1, 0.15) is 35.0 Å². The highest BCUT2D eigenvalue weighted by atomic mass is 35.5. The van der Waals surface area contributed by atoms with Crippen LogP contribution in [0.4, 0.5) is 4.39 Å². The van der Waals surface area contributed by atoms with Crippen LogP contribution in [-0.4, -0.2) is 16.8 Å². The number of Topliss-reactive ketones (excluding diaryl/α,β-unsaturated/α-hetero) is 1. The zero-order chi connectivity index (χ0) is 18.9. The normalized spacial score (nSPS) is 19.7. The van der Waals surface area contributed by atoms with Crippen LogP contribution in [0.15, 0.2) is 53.9 Å². The highest BCUT2D eigenvalue weighted by molar-refractivity contribution is 6.30. The Morgan fingerprint density at radius 2 is 2.19 bits per heavy atom. The zero-order valence-electron chi connectivity index (χ0n) is 14.1. The molecule has 0 fully saturated rings. The van der Waals surface area contributed by atoms with E-state index in [-0.39, 0.29) is 18.2 Å². The molecule has 0 aliphatic carbocycles. The summed E-state index contributed by atoms with van der Waals surface area (Å²) < 4.78 is 19.6. The van der Waals surface area contributed by atoms with E-state index in [1.54, 1.807) is 31.2 Å². The second-order valence-corrected chi connectivity index (χ2v) is 6.75. The molecule has 2 heterocycles. The van der Waals surface area contributed by atoms with Gasteiger partial charge in [-0.3, -0.25) is 9.78 Å². The number of pyridine rings is 1. The largest absolute Gasteiger partial charge is 0.431 e. The molecule has 0 bridgehead atoms. The van der Waals surface area contributed by atoms with E-state index in [1.165, 1.54) is 12.3 Å². The summed E-state index contributed by atoms with van der Waals surface area (Å²) in [4.78, 5) is 20.7. The summed E-state index contributed by atoms with van der Waals surface area (Å²) >= 11 is 5.78. The van der Waals surface area contributed by atoms with Crippen LogP contribution in [-0.2, 0) is 16.7 Å². The molecule has 0 amide bonds. The van der Waals surface area contributed by atoms with Crippen molar-refractivity contribution >= 4 is 23.4 Å². The van der Waals surface area contributed by atoms with Crippen LogP contribution in [0, 0.1) is 5.82 Å². The van der Waals surface area contributed by atoms with Crippen molar-refractivity contribution in [2.24, 2.45) is 10.7 Å². The number of carbonyl (C=O) groups excluding carboxylic acids is 1. The van der Waals surface area contributed by atoms with Gasteiger partial charge in [-0.1, -0.05) is 24.2 Å². The first-order valence-electron chi connectivity index (χ1n) is 7.91. The molecular weight excluding hydrogens is 357 g/mol. The number of nitrogens with two attached hydrogens (primary N) is 1. The molecule has 1 aromatic heterocycles. The predicted molar refractivity (Wildman–Crippen MR) is 97.5 cm³/mol. The third-order valence-electron chi connectivity index (χ3n) is 4.14. The van der Waals surface area contributed by atoms with E-state index in [0.717, 1.165) is 0 Å². The predicted octanol–water partition coefficient (Wildman–Crippen LogP) is 3.76. The molecule has 1 atom stereocenters. The van der Waals surface area contributed by atoms with Crippen LogP contribution in [0.2, 0.25) is 5.02 Å². The van der Waals surface area contributed by atoms with Crippen LogP contribution >= 0.6 is 11.6 Å². The standard InChI is InChI=1S/C19H17ClFN3O2/c1-11-9-19(2,24-18(22)26-11)14-7-12(3-5-15(14)21)8-17(25)16-6-4-13(20)10-23-16/h3-7,10H,1,8-9H2,2H3,(H2,22,24)/t19-/m0/s1. The number of hydrogen-bond donors (Lipinski definition) is 1. The fourth-order valence-electron chi connectivity index (χ4n) is 2.94. The summed E-state index contributed by atoms with van der Waals surface area (Å²) in [6.45, 7) is 5.50. The van der Waals surface area contributed by atoms with Gasteiger partial charge in [0.1, 0.15) is 17.3 Å². The number of carbonyl (C=O) groups is 1. The molecule has 1 aliphatic heterocycles. The van der Waals surface area contributed by atoms with Gasteiger partial charge in [0.2, 0.25) is 0 Å². The number of benzene rings is 1. The molecule has 0 radical (unpaired) electrons. The van der Waals surface area contributed by atoms with Crippen LogP contribution < -0.4 is 5.73 Å². The Balaban J connectivity index is 1.90. The fraction of sp³-hybridized carbons (Fsp3) is 0.211. The smallest absolute Gasteiger partial charge is 0.288 e. The molecule has 5 nitrogen and oxygen atoms in total. The molecule has 0 unspecified atom stereocenters. The molecule has 1 aromatic carbocycles. The Bertz CT molecular complexity index is 912. The first-order chi connectivity index (χ1) is 12.3. The number of ketones is 1. The summed E-state index contributed by atoms with van der Waals surface area (Å²) in [6.07, 6.45) is 1.78. The third-order valence-corrected chi connectivity index (χ3v) is 4.36. The van der Waals surface area contributed by atoms with E-state index >= 15 is 0 Å². The molecule has 1 aliphatic rings. The molecule has 0 saturated carbocycles. The Labute approximate surface area is 155 Å². The first-order valence-corrected chi connectivity index (χ1v) is 8.29. The van der Waals surface area contributed by atoms with Gasteiger partial charge in [-0.25, -0.2) is 9.38 Å². The van der Waals surface area contributed by atoms with E-state index in [0.29, 0.717) is 34.0 Å². The zero-order valence-corrected chi connectivity index (χ0v) is 14.9. The number of aromatic nitrogens is 1. The van der Waals surface area contributed by atoms with Crippen LogP contribution in [0.5, 0.6) is 0 Å². The van der Waals surface area contributed by atoms with Crippen molar-refractivity contribution in [3.8, 4) is 0 Å². The Kier molecular flexibility index (Phi) is 4.78. The van der Waals surface area contributed by atoms with Crippen molar-refractivity contribution in [3.05, 3.63) is 76.5 Å². The number of amidine groups is 1. The van der Waals surface area contributed by atoms with Gasteiger partial charge in [-0.2, -0.15) is 0 Å². The molecule has 134 valence electrons. The molecule has 2 aromatic rings. The Morgan fingerprint density at radius 1 is 1.42 bits per heavy atom. The average Bonchev–Trinajstić information content (AvgIpc) is 2.55. The second-order valence-electron chi connectivity index (χ2n) is 6.32. The monoisotopic (exact) mass is 373 g/mol. The van der Waals surface area contributed by atoms with Crippen molar-refractivity contribution in [3.63, 3.8) is 0 Å². The molecule has 0 saturated heterocycles. The summed E-state index contributed by atoms with van der Waals surface area (Å²) in [5.41, 5.74) is 6.00. The molecule has 3 rings (SSSR count). The van der Waals surface area contributed by atoms with E-state index in [2.05, 4.69) is 16.6 Å². The van der Waals surface area contributed by atoms with Crippen molar-refractivity contribution in [1.82, 2.24) is 4.98 Å². The van der Waals surface area contributed by atoms with Gasteiger partial charge in [-0.15, -0.1) is 0 Å². The lowest BCUT2D eigenvalue weighted by Crippen LogP contribution is -2.33. The van der Waals surface area contributed by atoms with Crippen molar-refractivity contribution in [2.45, 2.75) is 25.3 Å². The highest BCUT2D eigenvalue weighted by Crippen LogP contribution is 2.37. The third kappa shape index (κ3) is 3.75. The molecule has 2 N–H and O–H groups in total. The Morgan fingerprint density at radius 3 is 2.85 bits per heavy atom. The maximum atomic E-state index is 14.5. The summed E-state index contributed by atoms with van der Waals surface area (Å²) in [5, 5.41) is 0.453. The Hall–Kier alpha value is -2.73. The lowest BCUT2D eigenvalue weighted by molar-refractivity contribution is 0.0988. The molecule has 26 heavy (non-hydrogen) atoms. The van der Waals surface area contributed by atoms with Crippen LogP contribution in [0.25, 0.3) is 0 Å². The van der Waals surface area contributed by atoms with E-state index in [1.807, 2.05) is 0 Å². The maximum Gasteiger partial charge on any atom is 0.288 e. The number of nitrogens with zero attached hydrogens (tertiary/aromatic N) is 2. The van der Waals surface area contributed by atoms with Crippen molar-refractivity contribution < 1.29 is 13.9 Å². The lowest BCUT2D eigenvalue weighted by Gasteiger charge is -2.31. The minimum atomic E-state index is -0.943. The molecule has 0 spiro atoms. The number of hydrogen-bond acceptors (Lipinski definition) is 5. The molecular formula is C19H17ClFN3O2. The second kappa shape index (κ2) is 6.88. The van der Waals surface area contributed by atoms with Gasteiger partial charge in [0, 0.05) is 24.6 Å². The van der Waals surface area contributed by atoms with E-state index < -0.39 is 11.4 Å². The summed E-state index contributed by atoms with van der Waals surface area (Å²) in [6, 6.07) is 7.61. The van der Waals surface area contributed by atoms with Gasteiger partial charge < -0.3 is 10.5 Å². The van der Waals surface area contributed by atoms with Gasteiger partial charge in [0.15, 0.2) is 5.78 Å². The maximum absolute atomic E-state index is 14.5. The van der Waals surface area contributed by atoms with Crippen molar-refractivity contribution in [2.75, 3.05) is 0 Å². The van der Waals surface area contributed by atoms with E-state index in [4.69, 9.17) is 22.1 Å². The average molecular weight is 374 g/mol. The number of ether oxygens (including phenoxy) is 1. The number of rotatable bonds is 4. The summed E-state index contributed by atoms with van der Waals surface area (Å²) in [5.74, 6) is -0.213. The van der Waals surface area contributed by atoms with Gasteiger partial charge in [0.25, 0.3) is 6.02 Å². The van der Waals surface area contributed by atoms with Crippen LogP contribution in [0.3, 0.4) is 0 Å². The number of aliphatic imine (C=N–C) groups is 1. The van der Waals surface area contributed by atoms with Gasteiger partial charge >= 0.3 is 0 Å². The van der Waals surface area contributed by atoms with E-state index in [9.17, 15) is 9.18 Å². The highest BCUT2D eigenvalue weighted by Gasteiger charge is 2.34. The minimum absolute atomic E-state index is 0.0602.